The third-order valence-corrected chi connectivity index (χ3v) is 6.03. The van der Waals surface area contributed by atoms with Gasteiger partial charge in [-0.1, -0.05) is 30.3 Å². The molecule has 2 heterocycles. The molecule has 7 heteroatoms. The normalized spacial score (nSPS) is 14.9. The van der Waals surface area contributed by atoms with Crippen LogP contribution in [0, 0.1) is 0 Å². The first-order valence-corrected chi connectivity index (χ1v) is 9.66. The smallest absolute Gasteiger partial charge is 0.264 e. The third-order valence-electron chi connectivity index (χ3n) is 4.94. The molecule has 1 fully saturated rings. The molecule has 1 aliphatic heterocycles. The van der Waals surface area contributed by atoms with Crippen LogP contribution in [0.25, 0.3) is 0 Å². The van der Waals surface area contributed by atoms with Gasteiger partial charge in [-0.15, -0.1) is 11.3 Å². The molecular weight excluding hydrogens is 362 g/mol. The van der Waals surface area contributed by atoms with Crippen LogP contribution in [0.1, 0.15) is 38.8 Å². The maximum absolute atomic E-state index is 13.0. The molecule has 2 aromatic rings. The molecule has 0 unspecified atom stereocenters. The number of hydrogen-bond acceptors (Lipinski definition) is 4. The van der Waals surface area contributed by atoms with E-state index < -0.39 is 11.3 Å². The Balaban J connectivity index is 1.63. The summed E-state index contributed by atoms with van der Waals surface area (Å²) >= 11 is 1.11. The number of benzene rings is 1. The van der Waals surface area contributed by atoms with Crippen LogP contribution in [0.15, 0.2) is 42.5 Å². The Hall–Kier alpha value is -2.67. The molecule has 0 spiro atoms. The second-order valence-corrected chi connectivity index (χ2v) is 8.19. The van der Waals surface area contributed by atoms with E-state index >= 15 is 0 Å². The molecule has 0 bridgehead atoms. The molecule has 0 saturated carbocycles. The molecule has 0 aliphatic carbocycles. The minimum absolute atomic E-state index is 0.0629. The molecule has 3 rings (SSSR count). The summed E-state index contributed by atoms with van der Waals surface area (Å²) in [5.41, 5.74) is 5.61. The van der Waals surface area contributed by atoms with Gasteiger partial charge in [0.05, 0.1) is 15.2 Å². The van der Waals surface area contributed by atoms with Gasteiger partial charge in [0, 0.05) is 26.2 Å². The summed E-state index contributed by atoms with van der Waals surface area (Å²) < 4.78 is 0. The van der Waals surface area contributed by atoms with Crippen molar-refractivity contribution >= 4 is 29.1 Å². The summed E-state index contributed by atoms with van der Waals surface area (Å²) in [5.74, 6) is -0.590. The average molecular weight is 385 g/mol. The van der Waals surface area contributed by atoms with Gasteiger partial charge < -0.3 is 15.5 Å². The van der Waals surface area contributed by atoms with Crippen molar-refractivity contribution in [3.05, 3.63) is 57.8 Å². The summed E-state index contributed by atoms with van der Waals surface area (Å²) in [5, 5.41) is 0. The van der Waals surface area contributed by atoms with Crippen molar-refractivity contribution in [2.45, 2.75) is 19.3 Å². The molecule has 1 aromatic heterocycles. The summed E-state index contributed by atoms with van der Waals surface area (Å²) in [6.07, 6.45) is 0. The van der Waals surface area contributed by atoms with Crippen molar-refractivity contribution in [1.29, 1.82) is 0 Å². The Bertz CT molecular complexity index is 852. The molecule has 1 saturated heterocycles. The Morgan fingerprint density at radius 1 is 0.889 bits per heavy atom. The van der Waals surface area contributed by atoms with Gasteiger partial charge in [-0.05, 0) is 31.5 Å². The number of carbonyl (C=O) groups excluding carboxylic acids is 3. The fourth-order valence-corrected chi connectivity index (χ4v) is 4.05. The van der Waals surface area contributed by atoms with Gasteiger partial charge >= 0.3 is 0 Å². The van der Waals surface area contributed by atoms with Crippen molar-refractivity contribution in [2.24, 2.45) is 5.73 Å². The number of nitrogens with two attached hydrogens (primary N) is 1. The predicted octanol–water partition coefficient (Wildman–Crippen LogP) is 2.11. The van der Waals surface area contributed by atoms with E-state index in [4.69, 9.17) is 5.73 Å². The fourth-order valence-electron chi connectivity index (χ4n) is 3.23. The molecule has 0 atom stereocenters. The van der Waals surface area contributed by atoms with Crippen molar-refractivity contribution < 1.29 is 14.4 Å². The van der Waals surface area contributed by atoms with Crippen LogP contribution in [0.4, 0.5) is 0 Å². The van der Waals surface area contributed by atoms with E-state index in [0.29, 0.717) is 35.9 Å². The lowest BCUT2D eigenvalue weighted by molar-refractivity contribution is -0.137. The van der Waals surface area contributed by atoms with Crippen molar-refractivity contribution in [1.82, 2.24) is 9.80 Å². The van der Waals surface area contributed by atoms with E-state index in [-0.39, 0.29) is 11.8 Å². The second-order valence-electron chi connectivity index (χ2n) is 7.10. The Kier molecular flexibility index (Phi) is 5.32. The van der Waals surface area contributed by atoms with Gasteiger partial charge in [0.1, 0.15) is 0 Å². The Labute approximate surface area is 162 Å². The highest BCUT2D eigenvalue weighted by Crippen LogP contribution is 2.26. The highest BCUT2D eigenvalue weighted by atomic mass is 32.1. The van der Waals surface area contributed by atoms with Crippen LogP contribution in [0.2, 0.25) is 0 Å². The highest BCUT2D eigenvalue weighted by molar-refractivity contribution is 7.15. The quantitative estimate of drug-likeness (QED) is 0.875. The minimum atomic E-state index is -0.614. The molecule has 2 N–H and O–H groups in total. The zero-order chi connectivity index (χ0) is 19.6. The van der Waals surface area contributed by atoms with Crippen LogP contribution in [0.5, 0.6) is 0 Å². The lowest BCUT2D eigenvalue weighted by Crippen LogP contribution is -2.54. The van der Waals surface area contributed by atoms with Crippen LogP contribution in [-0.2, 0) is 10.2 Å². The summed E-state index contributed by atoms with van der Waals surface area (Å²) in [6, 6.07) is 12.9. The SMILES string of the molecule is CC(C)(C(=O)N1CCN(C(=O)c2ccc(C(N)=O)s2)CC1)c1ccccc1. The molecule has 1 aromatic carbocycles. The van der Waals surface area contributed by atoms with E-state index in [9.17, 15) is 14.4 Å². The molecule has 1 aliphatic rings. The molecular formula is C20H23N3O3S. The summed E-state index contributed by atoms with van der Waals surface area (Å²) in [7, 11) is 0. The Morgan fingerprint density at radius 2 is 1.44 bits per heavy atom. The number of nitrogens with zero attached hydrogens (tertiary/aromatic N) is 2. The van der Waals surface area contributed by atoms with Crippen LogP contribution in [-0.4, -0.2) is 53.7 Å². The first kappa shape index (κ1) is 19.1. The van der Waals surface area contributed by atoms with Gasteiger partial charge in [-0.3, -0.25) is 14.4 Å². The number of hydrogen-bond donors (Lipinski definition) is 1. The first-order chi connectivity index (χ1) is 12.8. The highest BCUT2D eigenvalue weighted by Gasteiger charge is 2.35. The zero-order valence-electron chi connectivity index (χ0n) is 15.5. The topological polar surface area (TPSA) is 83.7 Å². The maximum atomic E-state index is 13.0. The molecule has 0 radical (unpaired) electrons. The molecule has 3 amide bonds. The van der Waals surface area contributed by atoms with Gasteiger partial charge in [0.2, 0.25) is 5.91 Å². The number of rotatable bonds is 4. The summed E-state index contributed by atoms with van der Waals surface area (Å²) in [4.78, 5) is 41.2. The average Bonchev–Trinajstić information content (AvgIpc) is 3.18. The first-order valence-electron chi connectivity index (χ1n) is 8.84. The van der Waals surface area contributed by atoms with Crippen molar-refractivity contribution in [3.8, 4) is 0 Å². The van der Waals surface area contributed by atoms with E-state index in [2.05, 4.69) is 0 Å². The predicted molar refractivity (Wildman–Crippen MR) is 105 cm³/mol. The Morgan fingerprint density at radius 3 is 2.00 bits per heavy atom. The van der Waals surface area contributed by atoms with E-state index in [1.807, 2.05) is 49.1 Å². The van der Waals surface area contributed by atoms with E-state index in [1.165, 1.54) is 0 Å². The molecule has 27 heavy (non-hydrogen) atoms. The monoisotopic (exact) mass is 385 g/mol. The number of piperazine rings is 1. The van der Waals surface area contributed by atoms with Crippen LogP contribution < -0.4 is 5.73 Å². The number of thiophene rings is 1. The number of amides is 3. The standard InChI is InChI=1S/C20H23N3O3S/c1-20(2,14-6-4-3-5-7-14)19(26)23-12-10-22(11-13-23)18(25)16-9-8-15(27-16)17(21)24/h3-9H,10-13H2,1-2H3,(H2,21,24). The van der Waals surface area contributed by atoms with Gasteiger partial charge in [0.15, 0.2) is 0 Å². The number of primary amides is 1. The zero-order valence-corrected chi connectivity index (χ0v) is 16.3. The maximum Gasteiger partial charge on any atom is 0.264 e. The van der Waals surface area contributed by atoms with E-state index in [1.54, 1.807) is 17.0 Å². The van der Waals surface area contributed by atoms with E-state index in [0.717, 1.165) is 16.9 Å². The third kappa shape index (κ3) is 3.88. The second kappa shape index (κ2) is 7.52. The van der Waals surface area contributed by atoms with Gasteiger partial charge in [-0.25, -0.2) is 0 Å². The number of carbonyl (C=O) groups is 3. The summed E-state index contributed by atoms with van der Waals surface area (Å²) in [6.45, 7) is 5.79. The fraction of sp³-hybridized carbons (Fsp3) is 0.350. The van der Waals surface area contributed by atoms with Gasteiger partial charge in [0.25, 0.3) is 11.8 Å². The largest absolute Gasteiger partial charge is 0.365 e. The van der Waals surface area contributed by atoms with Crippen LogP contribution >= 0.6 is 11.3 Å². The van der Waals surface area contributed by atoms with Crippen molar-refractivity contribution in [2.75, 3.05) is 26.2 Å². The lowest BCUT2D eigenvalue weighted by Gasteiger charge is -2.38. The van der Waals surface area contributed by atoms with Crippen molar-refractivity contribution in [3.63, 3.8) is 0 Å². The van der Waals surface area contributed by atoms with Crippen LogP contribution in [0.3, 0.4) is 0 Å². The minimum Gasteiger partial charge on any atom is -0.365 e. The molecule has 6 nitrogen and oxygen atoms in total. The van der Waals surface area contributed by atoms with Gasteiger partial charge in [-0.2, -0.15) is 0 Å². The lowest BCUT2D eigenvalue weighted by atomic mass is 9.83. The molecule has 142 valence electrons.